The number of nitrogens with two attached hydrogens (primary N) is 1. The molecule has 6 heteroatoms. The summed E-state index contributed by atoms with van der Waals surface area (Å²) >= 11 is 6.76. The number of amides is 1. The average Bonchev–Trinajstić information content (AvgIpc) is 2.38. The molecular weight excluding hydrogens is 388 g/mol. The van der Waals surface area contributed by atoms with Crippen molar-refractivity contribution in [1.82, 2.24) is 5.32 Å². The second-order valence-corrected chi connectivity index (χ2v) is 6.71. The van der Waals surface area contributed by atoms with Gasteiger partial charge in [-0.1, -0.05) is 19.3 Å². The summed E-state index contributed by atoms with van der Waals surface area (Å²) < 4.78 is 7.03. The Morgan fingerprint density at radius 1 is 1.25 bits per heavy atom. The predicted molar refractivity (Wildman–Crippen MR) is 86.8 cm³/mol. The van der Waals surface area contributed by atoms with E-state index in [4.69, 9.17) is 10.5 Å². The lowest BCUT2D eigenvalue weighted by atomic mass is 9.95. The third-order valence-electron chi connectivity index (χ3n) is 3.34. The Labute approximate surface area is 135 Å². The molecule has 1 aliphatic carbocycles. The first-order chi connectivity index (χ1) is 9.56. The van der Waals surface area contributed by atoms with Crippen LogP contribution in [0.25, 0.3) is 0 Å². The smallest absolute Gasteiger partial charge is 0.258 e. The van der Waals surface area contributed by atoms with E-state index in [1.807, 2.05) is 0 Å². The first-order valence-corrected chi connectivity index (χ1v) is 8.31. The fourth-order valence-corrected chi connectivity index (χ4v) is 3.82. The molecule has 0 aromatic heterocycles. The van der Waals surface area contributed by atoms with Crippen molar-refractivity contribution in [2.75, 3.05) is 12.3 Å². The predicted octanol–water partition coefficient (Wildman–Crippen LogP) is 3.62. The molecule has 110 valence electrons. The lowest BCUT2D eigenvalue weighted by molar-refractivity contribution is -0.124. The summed E-state index contributed by atoms with van der Waals surface area (Å²) in [7, 11) is 0. The minimum Gasteiger partial charge on any atom is -0.481 e. The van der Waals surface area contributed by atoms with Gasteiger partial charge in [-0.25, -0.2) is 0 Å². The molecule has 1 aliphatic rings. The van der Waals surface area contributed by atoms with Crippen molar-refractivity contribution in [2.24, 2.45) is 0 Å². The van der Waals surface area contributed by atoms with Gasteiger partial charge in [0.15, 0.2) is 6.61 Å². The van der Waals surface area contributed by atoms with Crippen molar-refractivity contribution in [3.63, 3.8) is 0 Å². The standard InChI is InChI=1S/C14H18Br2N2O2/c15-11-6-9(17)7-12(16)14(11)20-8-13(19)18-10-4-2-1-3-5-10/h6-7,10H,1-5,8,17H2,(H,18,19). The molecule has 0 aliphatic heterocycles. The van der Waals surface area contributed by atoms with Gasteiger partial charge in [0, 0.05) is 11.7 Å². The number of ether oxygens (including phenoxy) is 1. The van der Waals surface area contributed by atoms with Crippen LogP contribution in [0.1, 0.15) is 32.1 Å². The zero-order valence-electron chi connectivity index (χ0n) is 11.1. The van der Waals surface area contributed by atoms with Gasteiger partial charge >= 0.3 is 0 Å². The van der Waals surface area contributed by atoms with Gasteiger partial charge in [0.1, 0.15) is 5.75 Å². The summed E-state index contributed by atoms with van der Waals surface area (Å²) in [6, 6.07) is 3.80. The van der Waals surface area contributed by atoms with Crippen molar-refractivity contribution < 1.29 is 9.53 Å². The second kappa shape index (κ2) is 7.31. The Morgan fingerprint density at radius 2 is 1.85 bits per heavy atom. The molecule has 1 saturated carbocycles. The number of carbonyl (C=O) groups excluding carboxylic acids is 1. The van der Waals surface area contributed by atoms with Gasteiger partial charge in [-0.15, -0.1) is 0 Å². The summed E-state index contributed by atoms with van der Waals surface area (Å²) in [5, 5.41) is 3.02. The molecule has 1 aromatic rings. The molecule has 0 radical (unpaired) electrons. The van der Waals surface area contributed by atoms with Crippen LogP contribution in [0.3, 0.4) is 0 Å². The van der Waals surface area contributed by atoms with E-state index in [-0.39, 0.29) is 12.5 Å². The number of anilines is 1. The topological polar surface area (TPSA) is 64.3 Å². The van der Waals surface area contributed by atoms with Gasteiger partial charge in [0.2, 0.25) is 0 Å². The van der Waals surface area contributed by atoms with Crippen LogP contribution in [0.15, 0.2) is 21.1 Å². The van der Waals surface area contributed by atoms with E-state index < -0.39 is 0 Å². The lowest BCUT2D eigenvalue weighted by Crippen LogP contribution is -2.39. The number of benzene rings is 1. The van der Waals surface area contributed by atoms with Crippen molar-refractivity contribution >= 4 is 43.5 Å². The summed E-state index contributed by atoms with van der Waals surface area (Å²) in [6.07, 6.45) is 5.80. The summed E-state index contributed by atoms with van der Waals surface area (Å²) in [4.78, 5) is 11.9. The highest BCUT2D eigenvalue weighted by atomic mass is 79.9. The van der Waals surface area contributed by atoms with Crippen LogP contribution in [0.4, 0.5) is 5.69 Å². The maximum absolute atomic E-state index is 11.9. The Hall–Kier alpha value is -0.750. The highest BCUT2D eigenvalue weighted by Gasteiger charge is 2.16. The van der Waals surface area contributed by atoms with Gasteiger partial charge in [-0.3, -0.25) is 4.79 Å². The highest BCUT2D eigenvalue weighted by molar-refractivity contribution is 9.11. The highest BCUT2D eigenvalue weighted by Crippen LogP contribution is 2.35. The molecule has 0 saturated heterocycles. The Kier molecular flexibility index (Phi) is 5.72. The van der Waals surface area contributed by atoms with Crippen LogP contribution >= 0.6 is 31.9 Å². The largest absolute Gasteiger partial charge is 0.481 e. The summed E-state index contributed by atoms with van der Waals surface area (Å²) in [6.45, 7) is 0.0115. The molecule has 0 unspecified atom stereocenters. The number of hydrogen-bond donors (Lipinski definition) is 2. The van der Waals surface area contributed by atoms with Gasteiger partial charge in [0.25, 0.3) is 5.91 Å². The van der Waals surface area contributed by atoms with E-state index in [1.54, 1.807) is 12.1 Å². The van der Waals surface area contributed by atoms with Gasteiger partial charge in [-0.2, -0.15) is 0 Å². The average molecular weight is 406 g/mol. The third kappa shape index (κ3) is 4.38. The zero-order valence-corrected chi connectivity index (χ0v) is 14.3. The molecular formula is C14H18Br2N2O2. The molecule has 4 nitrogen and oxygen atoms in total. The van der Waals surface area contributed by atoms with Crippen molar-refractivity contribution in [3.05, 3.63) is 21.1 Å². The van der Waals surface area contributed by atoms with Crippen LogP contribution in [0, 0.1) is 0 Å². The molecule has 0 bridgehead atoms. The van der Waals surface area contributed by atoms with Crippen LogP contribution in [0.2, 0.25) is 0 Å². The van der Waals surface area contributed by atoms with Crippen LogP contribution in [0.5, 0.6) is 5.75 Å². The molecule has 3 N–H and O–H groups in total. The van der Waals surface area contributed by atoms with Crippen LogP contribution in [-0.4, -0.2) is 18.6 Å². The maximum Gasteiger partial charge on any atom is 0.258 e. The molecule has 0 heterocycles. The monoisotopic (exact) mass is 404 g/mol. The molecule has 1 amide bonds. The first kappa shape index (κ1) is 15.6. The summed E-state index contributed by atoms with van der Waals surface area (Å²) in [5.41, 5.74) is 6.34. The number of halogens is 2. The first-order valence-electron chi connectivity index (χ1n) is 6.73. The van der Waals surface area contributed by atoms with E-state index in [0.29, 0.717) is 17.5 Å². The molecule has 0 spiro atoms. The Balaban J connectivity index is 1.87. The second-order valence-electron chi connectivity index (χ2n) is 5.00. The Bertz CT molecular complexity index is 465. The molecule has 1 aromatic carbocycles. The van der Waals surface area contributed by atoms with Crippen LogP contribution < -0.4 is 15.8 Å². The van der Waals surface area contributed by atoms with E-state index >= 15 is 0 Å². The van der Waals surface area contributed by atoms with Gasteiger partial charge in [0.05, 0.1) is 8.95 Å². The lowest BCUT2D eigenvalue weighted by Gasteiger charge is -2.22. The Morgan fingerprint density at radius 3 is 2.45 bits per heavy atom. The quantitative estimate of drug-likeness (QED) is 0.751. The number of nitrogen functional groups attached to an aromatic ring is 1. The number of nitrogens with one attached hydrogen (secondary N) is 1. The van der Waals surface area contributed by atoms with Crippen molar-refractivity contribution in [2.45, 2.75) is 38.1 Å². The minimum absolute atomic E-state index is 0.0115. The van der Waals surface area contributed by atoms with E-state index in [2.05, 4.69) is 37.2 Å². The zero-order chi connectivity index (χ0) is 14.5. The minimum atomic E-state index is -0.0764. The van der Waals surface area contributed by atoms with Gasteiger partial charge in [-0.05, 0) is 56.8 Å². The van der Waals surface area contributed by atoms with E-state index in [9.17, 15) is 4.79 Å². The number of carbonyl (C=O) groups is 1. The third-order valence-corrected chi connectivity index (χ3v) is 4.52. The van der Waals surface area contributed by atoms with E-state index in [0.717, 1.165) is 21.8 Å². The maximum atomic E-state index is 11.9. The van der Waals surface area contributed by atoms with Crippen molar-refractivity contribution in [1.29, 1.82) is 0 Å². The number of rotatable bonds is 4. The summed E-state index contributed by atoms with van der Waals surface area (Å²) in [5.74, 6) is 0.519. The normalized spacial score (nSPS) is 15.9. The molecule has 0 atom stereocenters. The number of hydrogen-bond acceptors (Lipinski definition) is 3. The van der Waals surface area contributed by atoms with Gasteiger partial charge < -0.3 is 15.8 Å². The van der Waals surface area contributed by atoms with E-state index in [1.165, 1.54) is 19.3 Å². The molecule has 20 heavy (non-hydrogen) atoms. The SMILES string of the molecule is Nc1cc(Br)c(OCC(=O)NC2CCCCC2)c(Br)c1. The molecule has 1 fully saturated rings. The fraction of sp³-hybridized carbons (Fsp3) is 0.500. The fourth-order valence-electron chi connectivity index (χ4n) is 2.37. The molecule has 2 rings (SSSR count). The van der Waals surface area contributed by atoms with Crippen LogP contribution in [-0.2, 0) is 4.79 Å². The van der Waals surface area contributed by atoms with Crippen molar-refractivity contribution in [3.8, 4) is 5.75 Å².